The average molecular weight is 389 g/mol. The fourth-order valence-corrected chi connectivity index (χ4v) is 2.86. The van der Waals surface area contributed by atoms with Gasteiger partial charge in [-0.3, -0.25) is 9.78 Å². The Hall–Kier alpha value is -2.47. The molecule has 0 aliphatic heterocycles. The number of rotatable bonds is 5. The normalized spacial score (nSPS) is 10.6. The maximum Gasteiger partial charge on any atom is 0.255 e. The molecule has 24 heavy (non-hydrogen) atoms. The van der Waals surface area contributed by atoms with Crippen LogP contribution in [0.25, 0.3) is 0 Å². The first-order valence-corrected chi connectivity index (χ1v) is 8.08. The first-order chi connectivity index (χ1) is 11.6. The summed E-state index contributed by atoms with van der Waals surface area (Å²) in [6.07, 6.45) is 4.96. The summed E-state index contributed by atoms with van der Waals surface area (Å²) in [4.78, 5) is 18.6. The first kappa shape index (κ1) is 16.4. The van der Waals surface area contributed by atoms with Gasteiger partial charge in [-0.15, -0.1) is 0 Å². The molecular weight excluding hydrogens is 375 g/mol. The maximum absolute atomic E-state index is 13.3. The fourth-order valence-electron chi connectivity index (χ4n) is 2.34. The number of halogens is 2. The molecule has 2 aromatic heterocycles. The van der Waals surface area contributed by atoms with Crippen molar-refractivity contribution in [1.29, 1.82) is 0 Å². The third-order valence-electron chi connectivity index (χ3n) is 3.47. The molecule has 0 saturated heterocycles. The molecule has 2 heterocycles. The van der Waals surface area contributed by atoms with Gasteiger partial charge < -0.3 is 9.32 Å². The number of carbonyl (C=O) groups is 1. The highest BCUT2D eigenvalue weighted by Gasteiger charge is 2.20. The summed E-state index contributed by atoms with van der Waals surface area (Å²) in [5.41, 5.74) is 1.29. The summed E-state index contributed by atoms with van der Waals surface area (Å²) in [5.74, 6) is 0.0517. The van der Waals surface area contributed by atoms with Crippen LogP contribution >= 0.6 is 15.9 Å². The Balaban J connectivity index is 1.89. The molecule has 0 aliphatic carbocycles. The Labute approximate surface area is 147 Å². The number of furan rings is 1. The van der Waals surface area contributed by atoms with E-state index < -0.39 is 5.82 Å². The SMILES string of the molecule is O=C(c1ccc(F)cc1Br)N(Cc1cccnc1)Cc1ccco1. The Morgan fingerprint density at radius 3 is 2.75 bits per heavy atom. The van der Waals surface area contributed by atoms with Gasteiger partial charge in [0, 0.05) is 23.4 Å². The van der Waals surface area contributed by atoms with Crippen LogP contribution in [0.3, 0.4) is 0 Å². The number of hydrogen-bond donors (Lipinski definition) is 0. The summed E-state index contributed by atoms with van der Waals surface area (Å²) in [7, 11) is 0. The Morgan fingerprint density at radius 2 is 2.08 bits per heavy atom. The highest BCUT2D eigenvalue weighted by molar-refractivity contribution is 9.10. The van der Waals surface area contributed by atoms with Gasteiger partial charge in [-0.1, -0.05) is 6.07 Å². The Kier molecular flexibility index (Phi) is 5.05. The smallest absolute Gasteiger partial charge is 0.255 e. The number of aromatic nitrogens is 1. The molecule has 3 rings (SSSR count). The molecule has 122 valence electrons. The lowest BCUT2D eigenvalue weighted by Gasteiger charge is -2.22. The van der Waals surface area contributed by atoms with Crippen molar-refractivity contribution < 1.29 is 13.6 Å². The molecule has 0 aliphatic rings. The molecule has 1 aromatic carbocycles. The number of pyridine rings is 1. The molecule has 3 aromatic rings. The maximum atomic E-state index is 13.3. The number of nitrogens with zero attached hydrogens (tertiary/aromatic N) is 2. The third-order valence-corrected chi connectivity index (χ3v) is 4.13. The van der Waals surface area contributed by atoms with Gasteiger partial charge in [-0.2, -0.15) is 0 Å². The molecular formula is C18H14BrFN2O2. The quantitative estimate of drug-likeness (QED) is 0.649. The molecule has 1 amide bonds. The minimum absolute atomic E-state index is 0.220. The standard InChI is InChI=1S/C18H14BrFN2O2/c19-17-9-14(20)5-6-16(17)18(23)22(12-15-4-2-8-24-15)11-13-3-1-7-21-10-13/h1-10H,11-12H2. The van der Waals surface area contributed by atoms with Crippen LogP contribution in [0.2, 0.25) is 0 Å². The van der Waals surface area contributed by atoms with Crippen molar-refractivity contribution >= 4 is 21.8 Å². The molecule has 0 bridgehead atoms. The molecule has 0 atom stereocenters. The van der Waals surface area contributed by atoms with Gasteiger partial charge in [0.2, 0.25) is 0 Å². The summed E-state index contributed by atoms with van der Waals surface area (Å²) in [6.45, 7) is 0.682. The molecule has 6 heteroatoms. The van der Waals surface area contributed by atoms with E-state index in [1.165, 1.54) is 18.2 Å². The van der Waals surface area contributed by atoms with Crippen LogP contribution in [0.15, 0.2) is 70.0 Å². The highest BCUT2D eigenvalue weighted by atomic mass is 79.9. The molecule has 0 N–H and O–H groups in total. The lowest BCUT2D eigenvalue weighted by molar-refractivity contribution is 0.0716. The Morgan fingerprint density at radius 1 is 1.21 bits per heavy atom. The van der Waals surface area contributed by atoms with Crippen molar-refractivity contribution in [2.45, 2.75) is 13.1 Å². The van der Waals surface area contributed by atoms with Gasteiger partial charge in [0.1, 0.15) is 11.6 Å². The van der Waals surface area contributed by atoms with Crippen molar-refractivity contribution in [2.24, 2.45) is 0 Å². The second-order valence-corrected chi connectivity index (χ2v) is 6.08. The summed E-state index contributed by atoms with van der Waals surface area (Å²) < 4.78 is 19.1. The van der Waals surface area contributed by atoms with Crippen LogP contribution in [0, 0.1) is 5.82 Å². The van der Waals surface area contributed by atoms with Crippen molar-refractivity contribution in [3.8, 4) is 0 Å². The van der Waals surface area contributed by atoms with E-state index >= 15 is 0 Å². The van der Waals surface area contributed by atoms with E-state index in [0.717, 1.165) is 5.56 Å². The second-order valence-electron chi connectivity index (χ2n) is 5.23. The van der Waals surface area contributed by atoms with E-state index in [1.807, 2.05) is 18.2 Å². The van der Waals surface area contributed by atoms with Crippen LogP contribution in [-0.2, 0) is 13.1 Å². The molecule has 0 unspecified atom stereocenters. The molecule has 0 saturated carbocycles. The van der Waals surface area contributed by atoms with E-state index in [1.54, 1.807) is 29.6 Å². The van der Waals surface area contributed by atoms with Gasteiger partial charge in [-0.05, 0) is 57.9 Å². The number of carbonyl (C=O) groups excluding carboxylic acids is 1. The summed E-state index contributed by atoms with van der Waals surface area (Å²) >= 11 is 3.26. The fraction of sp³-hybridized carbons (Fsp3) is 0.111. The van der Waals surface area contributed by atoms with Gasteiger partial charge in [0.25, 0.3) is 5.91 Å². The van der Waals surface area contributed by atoms with Gasteiger partial charge in [0.05, 0.1) is 18.4 Å². The zero-order valence-electron chi connectivity index (χ0n) is 12.7. The topological polar surface area (TPSA) is 46.3 Å². The first-order valence-electron chi connectivity index (χ1n) is 7.29. The predicted molar refractivity (Wildman–Crippen MR) is 90.6 cm³/mol. The Bertz CT molecular complexity index is 822. The summed E-state index contributed by atoms with van der Waals surface area (Å²) in [6, 6.07) is 11.3. The van der Waals surface area contributed by atoms with Gasteiger partial charge in [-0.25, -0.2) is 4.39 Å². The third kappa shape index (κ3) is 3.89. The van der Waals surface area contributed by atoms with Crippen LogP contribution in [-0.4, -0.2) is 15.8 Å². The molecule has 0 radical (unpaired) electrons. The van der Waals surface area contributed by atoms with Crippen molar-refractivity contribution in [2.75, 3.05) is 0 Å². The van der Waals surface area contributed by atoms with Gasteiger partial charge in [0.15, 0.2) is 0 Å². The molecule has 0 spiro atoms. The second kappa shape index (κ2) is 7.40. The van der Waals surface area contributed by atoms with Crippen LogP contribution < -0.4 is 0 Å². The number of hydrogen-bond acceptors (Lipinski definition) is 3. The van der Waals surface area contributed by atoms with Gasteiger partial charge >= 0.3 is 0 Å². The van der Waals surface area contributed by atoms with E-state index in [9.17, 15) is 9.18 Å². The van der Waals surface area contributed by atoms with Crippen LogP contribution in [0.1, 0.15) is 21.7 Å². The van der Waals surface area contributed by atoms with E-state index in [0.29, 0.717) is 28.9 Å². The number of benzene rings is 1. The van der Waals surface area contributed by atoms with Crippen molar-refractivity contribution in [3.05, 3.63) is 88.3 Å². The summed E-state index contributed by atoms with van der Waals surface area (Å²) in [5, 5.41) is 0. The minimum atomic E-state index is -0.400. The zero-order chi connectivity index (χ0) is 16.9. The molecule has 4 nitrogen and oxygen atoms in total. The predicted octanol–water partition coefficient (Wildman–Crippen LogP) is 4.42. The zero-order valence-corrected chi connectivity index (χ0v) is 14.2. The lowest BCUT2D eigenvalue weighted by atomic mass is 10.1. The van der Waals surface area contributed by atoms with Crippen molar-refractivity contribution in [3.63, 3.8) is 0 Å². The molecule has 0 fully saturated rings. The van der Waals surface area contributed by atoms with Crippen LogP contribution in [0.4, 0.5) is 4.39 Å². The average Bonchev–Trinajstić information content (AvgIpc) is 3.08. The van der Waals surface area contributed by atoms with E-state index in [-0.39, 0.29) is 5.91 Å². The largest absolute Gasteiger partial charge is 0.467 e. The number of amides is 1. The van der Waals surface area contributed by atoms with Crippen LogP contribution in [0.5, 0.6) is 0 Å². The van der Waals surface area contributed by atoms with E-state index in [4.69, 9.17) is 4.42 Å². The lowest BCUT2D eigenvalue weighted by Crippen LogP contribution is -2.30. The monoisotopic (exact) mass is 388 g/mol. The minimum Gasteiger partial charge on any atom is -0.467 e. The van der Waals surface area contributed by atoms with E-state index in [2.05, 4.69) is 20.9 Å². The highest BCUT2D eigenvalue weighted by Crippen LogP contribution is 2.22. The van der Waals surface area contributed by atoms with Crippen molar-refractivity contribution in [1.82, 2.24) is 9.88 Å².